The number of aromatic nitrogens is 3. The molecule has 0 aliphatic carbocycles. The van der Waals surface area contributed by atoms with Gasteiger partial charge in [0.15, 0.2) is 5.52 Å². The Balaban J connectivity index is 1.67. The van der Waals surface area contributed by atoms with Crippen molar-refractivity contribution in [3.63, 3.8) is 0 Å². The Morgan fingerprint density at radius 3 is 2.41 bits per heavy atom. The zero-order valence-electron chi connectivity index (χ0n) is 17.5. The van der Waals surface area contributed by atoms with Gasteiger partial charge in [-0.2, -0.15) is 0 Å². The molecular weight excluding hydrogens is 408 g/mol. The third-order valence-corrected chi connectivity index (χ3v) is 5.12. The van der Waals surface area contributed by atoms with Gasteiger partial charge in [-0.1, -0.05) is 42.5 Å². The minimum atomic E-state index is -0.568. The molecule has 1 amide bonds. The van der Waals surface area contributed by atoms with Gasteiger partial charge in [0.25, 0.3) is 5.56 Å². The summed E-state index contributed by atoms with van der Waals surface area (Å²) in [5.74, 6) is 0.338. The molecule has 4 rings (SSSR count). The number of pyridine rings is 1. The van der Waals surface area contributed by atoms with Crippen LogP contribution in [0.2, 0.25) is 0 Å². The summed E-state index contributed by atoms with van der Waals surface area (Å²) in [6.45, 7) is 0.173. The van der Waals surface area contributed by atoms with Crippen molar-refractivity contribution in [2.24, 2.45) is 0 Å². The molecule has 0 saturated heterocycles. The highest BCUT2D eigenvalue weighted by Crippen LogP contribution is 2.12. The van der Waals surface area contributed by atoms with E-state index in [2.05, 4.69) is 10.3 Å². The smallest absolute Gasteiger partial charge is 0.332 e. The summed E-state index contributed by atoms with van der Waals surface area (Å²) in [5.41, 5.74) is 1.09. The Bertz CT molecular complexity index is 1360. The van der Waals surface area contributed by atoms with Crippen LogP contribution in [0.25, 0.3) is 11.0 Å². The fourth-order valence-electron chi connectivity index (χ4n) is 3.44. The quantitative estimate of drug-likeness (QED) is 0.483. The number of fused-ring (bicyclic) bond motifs is 1. The summed E-state index contributed by atoms with van der Waals surface area (Å²) < 4.78 is 7.54. The number of methoxy groups -OCH3 is 1. The van der Waals surface area contributed by atoms with E-state index >= 15 is 0 Å². The molecule has 0 bridgehead atoms. The van der Waals surface area contributed by atoms with Crippen LogP contribution in [0.1, 0.15) is 11.1 Å². The molecule has 0 radical (unpaired) electrons. The maximum absolute atomic E-state index is 13.2. The lowest BCUT2D eigenvalue weighted by molar-refractivity contribution is -0.121. The molecule has 8 nitrogen and oxygen atoms in total. The van der Waals surface area contributed by atoms with Crippen molar-refractivity contribution in [3.8, 4) is 5.75 Å². The average Bonchev–Trinajstić information content (AvgIpc) is 2.84. The first kappa shape index (κ1) is 21.0. The van der Waals surface area contributed by atoms with Gasteiger partial charge in [0, 0.05) is 12.7 Å². The first-order valence-corrected chi connectivity index (χ1v) is 10.1. The lowest BCUT2D eigenvalue weighted by atomic mass is 10.2. The molecule has 2 aromatic heterocycles. The maximum Gasteiger partial charge on any atom is 0.332 e. The zero-order valence-corrected chi connectivity index (χ0v) is 17.5. The van der Waals surface area contributed by atoms with Gasteiger partial charge in [0.2, 0.25) is 5.91 Å². The second kappa shape index (κ2) is 9.30. The number of nitrogens with one attached hydrogen (secondary N) is 1. The number of carbonyl (C=O) groups is 1. The topological polar surface area (TPSA) is 95.2 Å². The predicted molar refractivity (Wildman–Crippen MR) is 121 cm³/mol. The van der Waals surface area contributed by atoms with Gasteiger partial charge in [0.1, 0.15) is 12.3 Å². The largest absolute Gasteiger partial charge is 0.497 e. The van der Waals surface area contributed by atoms with Crippen LogP contribution < -0.4 is 21.3 Å². The SMILES string of the molecule is COc1ccc(Cn2c(=O)c3ncccc3n(CC(=O)NCc3ccccc3)c2=O)cc1. The average molecular weight is 430 g/mol. The van der Waals surface area contributed by atoms with Crippen molar-refractivity contribution in [1.29, 1.82) is 0 Å². The van der Waals surface area contributed by atoms with Crippen LogP contribution in [0.5, 0.6) is 5.75 Å². The Morgan fingerprint density at radius 1 is 0.938 bits per heavy atom. The molecular formula is C24H22N4O4. The molecule has 0 aliphatic rings. The molecule has 32 heavy (non-hydrogen) atoms. The highest BCUT2D eigenvalue weighted by molar-refractivity contribution is 5.79. The number of amides is 1. The third kappa shape index (κ3) is 4.44. The van der Waals surface area contributed by atoms with Crippen molar-refractivity contribution < 1.29 is 9.53 Å². The Morgan fingerprint density at radius 2 is 1.69 bits per heavy atom. The summed E-state index contributed by atoms with van der Waals surface area (Å²) in [7, 11) is 1.57. The van der Waals surface area contributed by atoms with Crippen molar-refractivity contribution in [1.82, 2.24) is 19.4 Å². The monoisotopic (exact) mass is 430 g/mol. The van der Waals surface area contributed by atoms with Crippen LogP contribution in [0.4, 0.5) is 0 Å². The molecule has 0 spiro atoms. The summed E-state index contributed by atoms with van der Waals surface area (Å²) in [6, 6.07) is 19.8. The number of hydrogen-bond acceptors (Lipinski definition) is 5. The lowest BCUT2D eigenvalue weighted by Gasteiger charge is -2.14. The number of ether oxygens (including phenoxy) is 1. The molecule has 4 aromatic rings. The number of nitrogens with zero attached hydrogens (tertiary/aromatic N) is 3. The molecule has 162 valence electrons. The maximum atomic E-state index is 13.2. The minimum absolute atomic E-state index is 0.0554. The van der Waals surface area contributed by atoms with Crippen LogP contribution in [-0.2, 0) is 24.4 Å². The number of hydrogen-bond donors (Lipinski definition) is 1. The Kier molecular flexibility index (Phi) is 6.12. The lowest BCUT2D eigenvalue weighted by Crippen LogP contribution is -2.43. The van der Waals surface area contributed by atoms with Gasteiger partial charge in [-0.15, -0.1) is 0 Å². The zero-order chi connectivity index (χ0) is 22.5. The van der Waals surface area contributed by atoms with Gasteiger partial charge in [-0.05, 0) is 35.4 Å². The summed E-state index contributed by atoms with van der Waals surface area (Å²) >= 11 is 0. The summed E-state index contributed by atoms with van der Waals surface area (Å²) in [5, 5.41) is 2.82. The van der Waals surface area contributed by atoms with Crippen LogP contribution in [0, 0.1) is 0 Å². The van der Waals surface area contributed by atoms with Crippen molar-refractivity contribution >= 4 is 16.9 Å². The highest BCUT2D eigenvalue weighted by atomic mass is 16.5. The second-order valence-electron chi connectivity index (χ2n) is 7.24. The first-order chi connectivity index (χ1) is 15.6. The third-order valence-electron chi connectivity index (χ3n) is 5.12. The van der Waals surface area contributed by atoms with Crippen LogP contribution >= 0.6 is 0 Å². The van der Waals surface area contributed by atoms with Crippen molar-refractivity contribution in [2.75, 3.05) is 7.11 Å². The molecule has 0 fully saturated rings. The van der Waals surface area contributed by atoms with Gasteiger partial charge in [-0.3, -0.25) is 18.7 Å². The van der Waals surface area contributed by atoms with Gasteiger partial charge in [0.05, 0.1) is 19.2 Å². The van der Waals surface area contributed by atoms with Gasteiger partial charge < -0.3 is 10.1 Å². The van der Waals surface area contributed by atoms with Crippen LogP contribution in [-0.4, -0.2) is 27.1 Å². The second-order valence-corrected chi connectivity index (χ2v) is 7.24. The Hall–Kier alpha value is -4.20. The van der Waals surface area contributed by atoms with E-state index in [1.165, 1.54) is 10.8 Å². The molecule has 0 unspecified atom stereocenters. The normalized spacial score (nSPS) is 10.8. The molecule has 2 heterocycles. The van der Waals surface area contributed by atoms with Gasteiger partial charge >= 0.3 is 5.69 Å². The number of benzene rings is 2. The van der Waals surface area contributed by atoms with Gasteiger partial charge in [-0.25, -0.2) is 9.78 Å². The highest BCUT2D eigenvalue weighted by Gasteiger charge is 2.16. The predicted octanol–water partition coefficient (Wildman–Crippen LogP) is 1.93. The fourth-order valence-corrected chi connectivity index (χ4v) is 3.44. The van der Waals surface area contributed by atoms with E-state index < -0.39 is 11.2 Å². The molecule has 0 saturated carbocycles. The molecule has 0 atom stereocenters. The van der Waals surface area contributed by atoms with Crippen LogP contribution in [0.15, 0.2) is 82.5 Å². The molecule has 2 aromatic carbocycles. The Labute approximate surface area is 183 Å². The van der Waals surface area contributed by atoms with E-state index in [1.807, 2.05) is 30.3 Å². The number of carbonyl (C=O) groups excluding carboxylic acids is 1. The summed E-state index contributed by atoms with van der Waals surface area (Å²) in [4.78, 5) is 43.0. The number of rotatable bonds is 7. The summed E-state index contributed by atoms with van der Waals surface area (Å²) in [6.07, 6.45) is 1.49. The van der Waals surface area contributed by atoms with Crippen LogP contribution in [0.3, 0.4) is 0 Å². The van der Waals surface area contributed by atoms with Crippen molar-refractivity contribution in [2.45, 2.75) is 19.6 Å². The van der Waals surface area contributed by atoms with E-state index in [0.717, 1.165) is 15.7 Å². The minimum Gasteiger partial charge on any atom is -0.497 e. The van der Waals surface area contributed by atoms with Crippen molar-refractivity contribution in [3.05, 3.63) is 105 Å². The van der Waals surface area contributed by atoms with E-state index in [-0.39, 0.29) is 24.5 Å². The molecule has 8 heteroatoms. The fraction of sp³-hybridized carbons (Fsp3) is 0.167. The van der Waals surface area contributed by atoms with E-state index in [1.54, 1.807) is 43.5 Å². The molecule has 1 N–H and O–H groups in total. The van der Waals surface area contributed by atoms with E-state index in [9.17, 15) is 14.4 Å². The van der Waals surface area contributed by atoms with E-state index in [4.69, 9.17) is 4.74 Å². The molecule has 0 aliphatic heterocycles. The van der Waals surface area contributed by atoms with E-state index in [0.29, 0.717) is 17.8 Å². The standard InChI is InChI=1S/C24H22N4O4/c1-32-19-11-9-18(10-12-19)15-28-23(30)22-20(8-5-13-25-22)27(24(28)31)16-21(29)26-14-17-6-3-2-4-7-17/h2-13H,14-16H2,1H3,(H,26,29). The first-order valence-electron chi connectivity index (χ1n) is 10.1.